The molecule has 4 aromatic carbocycles. The smallest absolute Gasteiger partial charge is 0.355 e. The number of aromatic nitrogens is 1. The Morgan fingerprint density at radius 2 is 1.65 bits per heavy atom. The highest BCUT2D eigenvalue weighted by Gasteiger charge is 2.32. The number of carbonyl (C=O) groups is 1. The van der Waals surface area contributed by atoms with E-state index >= 15 is 0 Å². The highest BCUT2D eigenvalue weighted by molar-refractivity contribution is 7.86. The van der Waals surface area contributed by atoms with Gasteiger partial charge in [0.2, 0.25) is 0 Å². The van der Waals surface area contributed by atoms with Gasteiger partial charge in [-0.25, -0.2) is 4.79 Å². The second-order valence-electron chi connectivity index (χ2n) is 14.6. The molecule has 5 aromatic rings. The molecule has 0 radical (unpaired) electrons. The maximum absolute atomic E-state index is 13.4. The number of fused-ring (bicyclic) bond motifs is 2. The molecule has 57 heavy (non-hydrogen) atoms. The lowest BCUT2D eigenvalue weighted by Gasteiger charge is -2.36. The molecular formula is C43H52N6O7S. The summed E-state index contributed by atoms with van der Waals surface area (Å²) in [5, 5.41) is 13.8. The van der Waals surface area contributed by atoms with Crippen LogP contribution in [-0.2, 0) is 21.4 Å². The van der Waals surface area contributed by atoms with Crippen LogP contribution in [0.4, 0.5) is 5.69 Å². The van der Waals surface area contributed by atoms with Gasteiger partial charge in [-0.05, 0) is 73.5 Å². The molecule has 3 heterocycles. The lowest BCUT2D eigenvalue weighted by molar-refractivity contribution is 0.0519. The summed E-state index contributed by atoms with van der Waals surface area (Å²) in [5.74, 6) is 1.10. The molecule has 0 unspecified atom stereocenters. The molecule has 2 N–H and O–H groups in total. The van der Waals surface area contributed by atoms with Crippen LogP contribution in [0.15, 0.2) is 84.6 Å². The topological polar surface area (TPSA) is 131 Å². The fourth-order valence-electron chi connectivity index (χ4n) is 7.81. The number of nitrogens with zero attached hydrogens (tertiary/aromatic N) is 5. The average Bonchev–Trinajstić information content (AvgIpc) is 3.75. The van der Waals surface area contributed by atoms with Gasteiger partial charge in [0.25, 0.3) is 10.2 Å². The second-order valence-corrected chi connectivity index (χ2v) is 16.7. The van der Waals surface area contributed by atoms with E-state index in [0.29, 0.717) is 63.7 Å². The number of hydrogen-bond acceptors (Lipinski definition) is 10. The minimum absolute atomic E-state index is 0.181. The zero-order valence-corrected chi connectivity index (χ0v) is 34.1. The molecule has 2 aliphatic rings. The highest BCUT2D eigenvalue weighted by atomic mass is 32.2. The van der Waals surface area contributed by atoms with E-state index in [1.807, 2.05) is 67.4 Å². The van der Waals surface area contributed by atoms with Crippen molar-refractivity contribution in [3.63, 3.8) is 0 Å². The quantitative estimate of drug-likeness (QED) is 0.101. The normalized spacial score (nSPS) is 15.4. The Morgan fingerprint density at radius 3 is 2.37 bits per heavy atom. The van der Waals surface area contributed by atoms with E-state index in [2.05, 4.69) is 45.1 Å². The number of likely N-dealkylation sites (N-methyl/N-ethyl adjacent to an activating group) is 1. The predicted molar refractivity (Wildman–Crippen MR) is 224 cm³/mol. The molecule has 2 aliphatic heterocycles. The largest absolute Gasteiger partial charge is 0.493 e. The summed E-state index contributed by atoms with van der Waals surface area (Å²) in [4.78, 5) is 23.2. The van der Waals surface area contributed by atoms with E-state index in [0.717, 1.165) is 61.2 Å². The van der Waals surface area contributed by atoms with E-state index in [-0.39, 0.29) is 19.9 Å². The number of aliphatic hydroxyl groups is 1. The third kappa shape index (κ3) is 8.13. The Balaban J connectivity index is 1.10. The molecule has 0 spiro atoms. The first-order valence-corrected chi connectivity index (χ1v) is 20.8. The number of hydrogen-bond donors (Lipinski definition) is 2. The molecule has 1 aromatic heterocycles. The molecule has 0 saturated carbocycles. The summed E-state index contributed by atoms with van der Waals surface area (Å²) >= 11 is 0. The number of aromatic amines is 1. The maximum atomic E-state index is 13.4. The van der Waals surface area contributed by atoms with Crippen molar-refractivity contribution in [1.82, 2.24) is 23.4 Å². The van der Waals surface area contributed by atoms with Gasteiger partial charge in [0.05, 0.1) is 43.4 Å². The van der Waals surface area contributed by atoms with Gasteiger partial charge in [-0.3, -0.25) is 0 Å². The van der Waals surface area contributed by atoms with E-state index in [4.69, 9.17) is 14.2 Å². The van der Waals surface area contributed by atoms with Gasteiger partial charge in [-0.1, -0.05) is 48.5 Å². The summed E-state index contributed by atoms with van der Waals surface area (Å²) in [6, 6.07) is 26.1. The van der Waals surface area contributed by atoms with Gasteiger partial charge in [0.15, 0.2) is 6.73 Å². The molecule has 13 nitrogen and oxygen atoms in total. The van der Waals surface area contributed by atoms with Crippen LogP contribution in [0.5, 0.6) is 11.5 Å². The van der Waals surface area contributed by atoms with Crippen LogP contribution < -0.4 is 14.4 Å². The fourth-order valence-corrected chi connectivity index (χ4v) is 8.90. The summed E-state index contributed by atoms with van der Waals surface area (Å²) in [7, 11) is 1.61. The fraction of sp³-hybridized carbons (Fsp3) is 0.372. The summed E-state index contributed by atoms with van der Waals surface area (Å²) in [6.45, 7) is 7.08. The third-order valence-corrected chi connectivity index (χ3v) is 12.7. The van der Waals surface area contributed by atoms with Crippen LogP contribution >= 0.6 is 0 Å². The zero-order chi connectivity index (χ0) is 40.3. The molecular weight excluding hydrogens is 745 g/mol. The first kappa shape index (κ1) is 39.9. The molecule has 1 saturated heterocycles. The number of benzene rings is 4. The first-order valence-electron chi connectivity index (χ1n) is 19.4. The van der Waals surface area contributed by atoms with Crippen LogP contribution in [0, 0.1) is 6.92 Å². The number of aryl methyl sites for hydroxylation is 2. The van der Waals surface area contributed by atoms with Crippen LogP contribution in [0.1, 0.15) is 40.5 Å². The molecule has 7 rings (SSSR count). The van der Waals surface area contributed by atoms with Crippen LogP contribution in [0.25, 0.3) is 27.4 Å². The molecule has 302 valence electrons. The molecule has 0 atom stereocenters. The number of nitrogens with one attached hydrogen (secondary N) is 1. The van der Waals surface area contributed by atoms with Crippen LogP contribution in [-0.4, -0.2) is 123 Å². The lowest BCUT2D eigenvalue weighted by Crippen LogP contribution is -2.51. The number of piperazine rings is 1. The van der Waals surface area contributed by atoms with Crippen molar-refractivity contribution in [1.29, 1.82) is 0 Å². The standard InChI is InChI=1S/C43H52N6O7S/c1-6-54-43(51)41-35(14-10-26-55-38-15-9-12-31-11-7-8-13-34(31)38)36-21-16-30(2)39(40(36)44-41)42-37(27-50)46(5)28-48(42)29-56-33-19-17-32(18-20-33)47-22-24-49(25-23-47)57(52,53)45(3)4/h7-9,11-13,15-21,44,50H,6,10,14,22-29H2,1-5H3. The lowest BCUT2D eigenvalue weighted by atomic mass is 9.97. The Kier molecular flexibility index (Phi) is 12.0. The molecule has 14 heteroatoms. The van der Waals surface area contributed by atoms with E-state index < -0.39 is 16.2 Å². The van der Waals surface area contributed by atoms with Gasteiger partial charge in [-0.2, -0.15) is 17.0 Å². The van der Waals surface area contributed by atoms with Gasteiger partial charge in [0, 0.05) is 69.3 Å². The summed E-state index contributed by atoms with van der Waals surface area (Å²) in [6.07, 6.45) is 1.26. The molecule has 0 bridgehead atoms. The minimum atomic E-state index is -3.44. The van der Waals surface area contributed by atoms with Crippen molar-refractivity contribution in [2.75, 3.05) is 85.4 Å². The molecule has 0 amide bonds. The van der Waals surface area contributed by atoms with Gasteiger partial charge in [-0.15, -0.1) is 0 Å². The minimum Gasteiger partial charge on any atom is -0.493 e. The number of anilines is 1. The Morgan fingerprint density at radius 1 is 0.912 bits per heavy atom. The number of aliphatic hydroxyl groups excluding tert-OH is 1. The number of esters is 1. The summed E-state index contributed by atoms with van der Waals surface area (Å²) in [5.41, 5.74) is 6.53. The van der Waals surface area contributed by atoms with Crippen molar-refractivity contribution < 1.29 is 32.5 Å². The monoisotopic (exact) mass is 796 g/mol. The highest BCUT2D eigenvalue weighted by Crippen LogP contribution is 2.39. The second kappa shape index (κ2) is 17.1. The number of ether oxygens (including phenoxy) is 3. The first-order chi connectivity index (χ1) is 27.5. The Labute approximate surface area is 334 Å². The van der Waals surface area contributed by atoms with Crippen molar-refractivity contribution in [3.8, 4) is 11.5 Å². The van der Waals surface area contributed by atoms with E-state index in [1.165, 1.54) is 8.61 Å². The number of H-pyrrole nitrogens is 1. The Bertz CT molecular complexity index is 2360. The van der Waals surface area contributed by atoms with E-state index in [9.17, 15) is 18.3 Å². The average molecular weight is 797 g/mol. The van der Waals surface area contributed by atoms with Gasteiger partial charge in [0.1, 0.15) is 17.2 Å². The zero-order valence-electron chi connectivity index (χ0n) is 33.3. The molecule has 0 aliphatic carbocycles. The SMILES string of the molecule is CCOC(=O)c1[nH]c2c(C3=C(CO)N(C)CN3COc3ccc(N4CCN(S(=O)(=O)N(C)C)CC4)cc3)c(C)ccc2c1CCCOc1cccc2ccccc12. The van der Waals surface area contributed by atoms with Crippen molar-refractivity contribution in [3.05, 3.63) is 107 Å². The predicted octanol–water partition coefficient (Wildman–Crippen LogP) is 5.65. The number of carbonyl (C=O) groups excluding carboxylic acids is 1. The molecule has 1 fully saturated rings. The van der Waals surface area contributed by atoms with Crippen LogP contribution in [0.2, 0.25) is 0 Å². The third-order valence-electron chi connectivity index (χ3n) is 10.8. The van der Waals surface area contributed by atoms with Gasteiger partial charge < -0.3 is 39.0 Å². The van der Waals surface area contributed by atoms with Crippen molar-refractivity contribution in [2.45, 2.75) is 26.7 Å². The van der Waals surface area contributed by atoms with Crippen molar-refractivity contribution in [2.24, 2.45) is 0 Å². The van der Waals surface area contributed by atoms with Crippen LogP contribution in [0.3, 0.4) is 0 Å². The maximum Gasteiger partial charge on any atom is 0.355 e. The van der Waals surface area contributed by atoms with Gasteiger partial charge >= 0.3 is 5.97 Å². The number of rotatable bonds is 15. The summed E-state index contributed by atoms with van der Waals surface area (Å²) < 4.78 is 46.1. The Hall–Kier alpha value is -5.28. The van der Waals surface area contributed by atoms with Crippen molar-refractivity contribution >= 4 is 49.2 Å². The van der Waals surface area contributed by atoms with E-state index in [1.54, 1.807) is 21.0 Å².